The maximum Gasteiger partial charge on any atom is 0.234 e. The molecule has 0 saturated carbocycles. The van der Waals surface area contributed by atoms with Gasteiger partial charge in [0.1, 0.15) is 11.3 Å². The summed E-state index contributed by atoms with van der Waals surface area (Å²) in [4.78, 5) is 16.6. The summed E-state index contributed by atoms with van der Waals surface area (Å²) < 4.78 is 11.8. The molecule has 1 aliphatic heterocycles. The van der Waals surface area contributed by atoms with Gasteiger partial charge < -0.3 is 19.4 Å². The highest BCUT2D eigenvalue weighted by molar-refractivity contribution is 6.30. The molecule has 7 heteroatoms. The monoisotopic (exact) mass is 469 g/mol. The minimum absolute atomic E-state index is 0.112. The Bertz CT molecular complexity index is 1060. The number of amides is 1. The second kappa shape index (κ2) is 11.1. The van der Waals surface area contributed by atoms with Crippen LogP contribution in [0.1, 0.15) is 20.3 Å². The number of furan rings is 1. The van der Waals surface area contributed by atoms with Gasteiger partial charge >= 0.3 is 0 Å². The number of carbonyl (C=O) groups is 1. The van der Waals surface area contributed by atoms with Gasteiger partial charge in [-0.05, 0) is 50.1 Å². The highest BCUT2D eigenvalue weighted by Crippen LogP contribution is 2.33. The molecule has 0 atom stereocenters. The average Bonchev–Trinajstić information content (AvgIpc) is 3.21. The molecular weight excluding hydrogens is 438 g/mol. The van der Waals surface area contributed by atoms with E-state index in [2.05, 4.69) is 15.1 Å². The minimum Gasteiger partial charge on any atom is -0.493 e. The largest absolute Gasteiger partial charge is 0.493 e. The Balaban J connectivity index is 1.20. The van der Waals surface area contributed by atoms with Crippen LogP contribution in [0, 0.1) is 0 Å². The molecule has 3 aromatic rings. The fraction of sp³-hybridized carbons (Fsp3) is 0.423. The van der Waals surface area contributed by atoms with Gasteiger partial charge in [0.05, 0.1) is 19.4 Å². The van der Waals surface area contributed by atoms with E-state index in [1.54, 1.807) is 6.26 Å². The van der Waals surface area contributed by atoms with Gasteiger partial charge in [0.2, 0.25) is 5.91 Å². The molecule has 176 valence electrons. The SMILES string of the molecule is CC(C)NC(=O)CN1CCN(CCCOc2ccc3c(-c4ccc(Cl)cc4)coc3c2)CC1. The van der Waals surface area contributed by atoms with Crippen molar-refractivity contribution < 1.29 is 13.9 Å². The van der Waals surface area contributed by atoms with Crippen molar-refractivity contribution in [1.82, 2.24) is 15.1 Å². The number of hydrogen-bond donors (Lipinski definition) is 1. The van der Waals surface area contributed by atoms with Crippen molar-refractivity contribution in [2.75, 3.05) is 45.9 Å². The fourth-order valence-corrected chi connectivity index (χ4v) is 4.30. The molecule has 0 unspecified atom stereocenters. The Morgan fingerprint density at radius 3 is 2.55 bits per heavy atom. The first-order valence-corrected chi connectivity index (χ1v) is 12.0. The number of rotatable bonds is 9. The molecule has 1 N–H and O–H groups in total. The standard InChI is InChI=1S/C26H32ClN3O3/c1-19(2)28-26(31)17-30-13-11-29(12-14-30)10-3-15-32-22-8-9-23-24(18-33-25(23)16-22)20-4-6-21(27)7-5-20/h4-9,16,18-19H,3,10-15,17H2,1-2H3,(H,28,31). The van der Waals surface area contributed by atoms with E-state index in [9.17, 15) is 4.79 Å². The van der Waals surface area contributed by atoms with E-state index >= 15 is 0 Å². The van der Waals surface area contributed by atoms with Gasteiger partial charge in [-0.15, -0.1) is 0 Å². The first-order valence-electron chi connectivity index (χ1n) is 11.6. The number of halogens is 1. The molecule has 0 aliphatic carbocycles. The molecule has 2 heterocycles. The van der Waals surface area contributed by atoms with Crippen molar-refractivity contribution in [2.24, 2.45) is 0 Å². The number of hydrogen-bond acceptors (Lipinski definition) is 5. The van der Waals surface area contributed by atoms with Gasteiger partial charge in [-0.2, -0.15) is 0 Å². The summed E-state index contributed by atoms with van der Waals surface area (Å²) in [6.07, 6.45) is 2.74. The van der Waals surface area contributed by atoms with E-state index in [-0.39, 0.29) is 11.9 Å². The first kappa shape index (κ1) is 23.6. The Kier molecular flexibility index (Phi) is 7.91. The average molecular weight is 470 g/mol. The number of ether oxygens (including phenoxy) is 1. The topological polar surface area (TPSA) is 58.0 Å². The fourth-order valence-electron chi connectivity index (χ4n) is 4.17. The van der Waals surface area contributed by atoms with Gasteiger partial charge in [-0.1, -0.05) is 23.7 Å². The highest BCUT2D eigenvalue weighted by Gasteiger charge is 2.19. The van der Waals surface area contributed by atoms with Crippen LogP contribution in [0.25, 0.3) is 22.1 Å². The Hall–Kier alpha value is -2.54. The second-order valence-corrected chi connectivity index (χ2v) is 9.29. The molecule has 1 fully saturated rings. The third-order valence-electron chi connectivity index (χ3n) is 5.87. The number of benzene rings is 2. The van der Waals surface area contributed by atoms with E-state index in [0.717, 1.165) is 72.0 Å². The summed E-state index contributed by atoms with van der Waals surface area (Å²) in [6, 6.07) is 14.0. The number of fused-ring (bicyclic) bond motifs is 1. The summed E-state index contributed by atoms with van der Waals surface area (Å²) in [5.41, 5.74) is 2.94. The van der Waals surface area contributed by atoms with Crippen LogP contribution in [-0.2, 0) is 4.79 Å². The summed E-state index contributed by atoms with van der Waals surface area (Å²) in [7, 11) is 0. The molecule has 1 aromatic heterocycles. The van der Waals surface area contributed by atoms with Crippen molar-refractivity contribution in [1.29, 1.82) is 0 Å². The molecule has 0 spiro atoms. The van der Waals surface area contributed by atoms with Crippen LogP contribution in [0.5, 0.6) is 5.75 Å². The highest BCUT2D eigenvalue weighted by atomic mass is 35.5. The van der Waals surface area contributed by atoms with E-state index in [4.69, 9.17) is 20.8 Å². The molecule has 1 amide bonds. The van der Waals surface area contributed by atoms with Crippen LogP contribution in [-0.4, -0.2) is 67.6 Å². The smallest absolute Gasteiger partial charge is 0.234 e. The molecule has 0 bridgehead atoms. The Morgan fingerprint density at radius 1 is 1.09 bits per heavy atom. The van der Waals surface area contributed by atoms with Crippen LogP contribution < -0.4 is 10.1 Å². The molecule has 2 aromatic carbocycles. The van der Waals surface area contributed by atoms with Gasteiger partial charge in [0.15, 0.2) is 0 Å². The van der Waals surface area contributed by atoms with Gasteiger partial charge in [-0.3, -0.25) is 9.69 Å². The summed E-state index contributed by atoms with van der Waals surface area (Å²) >= 11 is 6.00. The van der Waals surface area contributed by atoms with Crippen LogP contribution in [0.3, 0.4) is 0 Å². The zero-order valence-corrected chi connectivity index (χ0v) is 20.1. The first-order chi connectivity index (χ1) is 16.0. The van der Waals surface area contributed by atoms with Crippen molar-refractivity contribution >= 4 is 28.5 Å². The van der Waals surface area contributed by atoms with Gasteiger partial charge in [-0.25, -0.2) is 0 Å². The van der Waals surface area contributed by atoms with Crippen molar-refractivity contribution in [3.8, 4) is 16.9 Å². The Labute approximate surface area is 200 Å². The van der Waals surface area contributed by atoms with Crippen molar-refractivity contribution in [3.63, 3.8) is 0 Å². The predicted octanol–water partition coefficient (Wildman–Crippen LogP) is 4.66. The third kappa shape index (κ3) is 6.50. The third-order valence-corrected chi connectivity index (χ3v) is 6.12. The van der Waals surface area contributed by atoms with Gasteiger partial charge in [0, 0.05) is 60.8 Å². The lowest BCUT2D eigenvalue weighted by Crippen LogP contribution is -2.50. The van der Waals surface area contributed by atoms with Gasteiger partial charge in [0.25, 0.3) is 0 Å². The lowest BCUT2D eigenvalue weighted by Gasteiger charge is -2.34. The van der Waals surface area contributed by atoms with Crippen molar-refractivity contribution in [3.05, 3.63) is 53.8 Å². The molecule has 4 rings (SSSR count). The van der Waals surface area contributed by atoms with E-state index < -0.39 is 0 Å². The normalized spacial score (nSPS) is 15.3. The number of piperazine rings is 1. The lowest BCUT2D eigenvalue weighted by atomic mass is 10.0. The van der Waals surface area contributed by atoms with Crippen LogP contribution in [0.15, 0.2) is 53.1 Å². The maximum absolute atomic E-state index is 11.9. The maximum atomic E-state index is 11.9. The zero-order valence-electron chi connectivity index (χ0n) is 19.4. The Morgan fingerprint density at radius 2 is 1.82 bits per heavy atom. The molecular formula is C26H32ClN3O3. The number of nitrogens with zero attached hydrogens (tertiary/aromatic N) is 2. The number of carbonyl (C=O) groups excluding carboxylic acids is 1. The van der Waals surface area contributed by atoms with Crippen LogP contribution in [0.4, 0.5) is 0 Å². The van der Waals surface area contributed by atoms with E-state index in [1.807, 2.05) is 56.3 Å². The molecule has 6 nitrogen and oxygen atoms in total. The molecule has 1 saturated heterocycles. The van der Waals surface area contributed by atoms with Crippen molar-refractivity contribution in [2.45, 2.75) is 26.3 Å². The number of nitrogens with one attached hydrogen (secondary N) is 1. The van der Waals surface area contributed by atoms with Crippen LogP contribution >= 0.6 is 11.6 Å². The lowest BCUT2D eigenvalue weighted by molar-refractivity contribution is -0.123. The quantitative estimate of drug-likeness (QED) is 0.462. The van der Waals surface area contributed by atoms with E-state index in [0.29, 0.717) is 13.2 Å². The summed E-state index contributed by atoms with van der Waals surface area (Å²) in [5, 5.41) is 4.74. The molecule has 1 aliphatic rings. The second-order valence-electron chi connectivity index (χ2n) is 8.86. The zero-order chi connectivity index (χ0) is 23.2. The van der Waals surface area contributed by atoms with Crippen LogP contribution in [0.2, 0.25) is 5.02 Å². The predicted molar refractivity (Wildman–Crippen MR) is 133 cm³/mol. The molecule has 0 radical (unpaired) electrons. The molecule has 33 heavy (non-hydrogen) atoms. The van der Waals surface area contributed by atoms with E-state index in [1.165, 1.54) is 0 Å². The summed E-state index contributed by atoms with van der Waals surface area (Å²) in [6.45, 7) is 9.95. The minimum atomic E-state index is 0.112. The summed E-state index contributed by atoms with van der Waals surface area (Å²) in [5.74, 6) is 0.932.